The van der Waals surface area contributed by atoms with Gasteiger partial charge in [0.15, 0.2) is 0 Å². The molecule has 0 unspecified atom stereocenters. The highest BCUT2D eigenvalue weighted by atomic mass is 79.9. The number of benzene rings is 22. The highest BCUT2D eigenvalue weighted by Gasteiger charge is 2.53. The van der Waals surface area contributed by atoms with Crippen molar-refractivity contribution in [2.24, 2.45) is 0 Å². The summed E-state index contributed by atoms with van der Waals surface area (Å²) in [6.07, 6.45) is 0. The molecule has 0 bridgehead atoms. The van der Waals surface area contributed by atoms with Crippen molar-refractivity contribution in [2.75, 3.05) is 0 Å². The third-order valence-corrected chi connectivity index (χ3v) is 27.7. The minimum Gasteiger partial charge on any atom is -0.423 e. The summed E-state index contributed by atoms with van der Waals surface area (Å²) in [6.45, 7) is 0. The largest absolute Gasteiger partial charge is 0.488 e. The second-order valence-electron chi connectivity index (χ2n) is 33.8. The van der Waals surface area contributed by atoms with Crippen molar-refractivity contribution in [3.63, 3.8) is 0 Å². The second kappa shape index (κ2) is 30.1. The molecule has 0 aromatic heterocycles. The highest BCUT2D eigenvalue weighted by molar-refractivity contribution is 9.10. The van der Waals surface area contributed by atoms with Crippen molar-refractivity contribution >= 4 is 93.1 Å². The standard InChI is InChI=1S/C61H38.C31H19Br.C30H21BO2/c1-2-15-39(16-3-1)43-31-33-49-50-34-32-44(38-58(50)61(57(49)37-43)55-27-12-10-21-47(55)48-22-11-13-28-56(48)61)42-19-14-20-45(36-42)59-51-23-6-8-25-53(51)60(54-26-9-7-24-52(54)59)46-30-29-40-17-4-5-18-41(40)35-46;32-22-15-17-26-25-16-14-21(20-8-2-1-3-9-20)18-29(25)31(30(26)19-22)27-12-6-4-10-23(27)24-11-5-7-13-28(24)31;32-31(33)24-11-7-10-22(19-24)29-25-12-3-5-14-27(25)30(28-15-6-4-13-26(28)29)23-17-16-20-8-1-2-9-21(20)18-23/h1-38H;1-19H;1-19,32-33H. The van der Waals surface area contributed by atoms with E-state index < -0.39 is 12.5 Å². The first-order valence-electron chi connectivity index (χ1n) is 43.4. The molecule has 2 N–H and O–H groups in total. The van der Waals surface area contributed by atoms with Gasteiger partial charge in [0.2, 0.25) is 0 Å². The van der Waals surface area contributed by atoms with Crippen molar-refractivity contribution in [3.05, 3.63) is 510 Å². The summed E-state index contributed by atoms with van der Waals surface area (Å²) in [5.41, 5.74) is 38.2. The van der Waals surface area contributed by atoms with Crippen molar-refractivity contribution in [2.45, 2.75) is 10.8 Å². The summed E-state index contributed by atoms with van der Waals surface area (Å²) in [4.78, 5) is 0. The maximum Gasteiger partial charge on any atom is 0.488 e. The van der Waals surface area contributed by atoms with Crippen LogP contribution in [0, 0.1) is 0 Å². The normalized spacial score (nSPS) is 12.8. The molecule has 4 aliphatic rings. The van der Waals surface area contributed by atoms with Gasteiger partial charge in [-0.25, -0.2) is 0 Å². The molecule has 0 aliphatic heterocycles. The molecule has 2 spiro atoms. The van der Waals surface area contributed by atoms with E-state index in [4.69, 9.17) is 0 Å². The van der Waals surface area contributed by atoms with E-state index in [9.17, 15) is 10.0 Å². The van der Waals surface area contributed by atoms with Crippen LogP contribution < -0.4 is 5.46 Å². The fraction of sp³-hybridized carbons (Fsp3) is 0.0164. The average molecular weight is 1670 g/mol. The molecule has 22 aromatic carbocycles. The number of hydrogen-bond donors (Lipinski definition) is 2. The van der Waals surface area contributed by atoms with Gasteiger partial charge in [-0.3, -0.25) is 0 Å². The topological polar surface area (TPSA) is 40.5 Å². The SMILES string of the molecule is Brc1ccc2c(c1)C1(c3ccccc3-c3ccccc31)c1cc(-c3ccccc3)ccc1-2.OB(O)c1cccc(-c2c3ccccc3c(-c3ccc4ccccc4c3)c3ccccc23)c1.c1ccc(-c2ccc3c(c2)C2(c4ccccc4-c4ccccc42)c2cc(-c4cccc(-c5c6ccccc6c(-c6ccc7ccccc7c6)c6ccccc56)c4)ccc2-3)cc1. The summed E-state index contributed by atoms with van der Waals surface area (Å²) in [5.74, 6) is 0. The van der Waals surface area contributed by atoms with Crippen molar-refractivity contribution in [1.82, 2.24) is 0 Å². The molecule has 0 atom stereocenters. The van der Waals surface area contributed by atoms with Crippen LogP contribution in [0.4, 0.5) is 0 Å². The zero-order valence-electron chi connectivity index (χ0n) is 68.7. The fourth-order valence-corrected chi connectivity index (χ4v) is 22.3. The quantitative estimate of drug-likeness (QED) is 0.118. The summed E-state index contributed by atoms with van der Waals surface area (Å²) in [7, 11) is -1.50. The van der Waals surface area contributed by atoms with Crippen LogP contribution in [0.2, 0.25) is 0 Å². The average Bonchev–Trinajstić information content (AvgIpc) is 1.50. The molecule has 0 fully saturated rings. The van der Waals surface area contributed by atoms with Crippen LogP contribution in [0.5, 0.6) is 0 Å². The van der Waals surface area contributed by atoms with Gasteiger partial charge in [0.1, 0.15) is 0 Å². The Morgan fingerprint density at radius 2 is 0.421 bits per heavy atom. The number of hydrogen-bond acceptors (Lipinski definition) is 2. The lowest BCUT2D eigenvalue weighted by Gasteiger charge is -2.31. The van der Waals surface area contributed by atoms with Crippen LogP contribution in [0.25, 0.3) is 187 Å². The van der Waals surface area contributed by atoms with Gasteiger partial charge >= 0.3 is 7.12 Å². The van der Waals surface area contributed by atoms with E-state index >= 15 is 0 Å². The van der Waals surface area contributed by atoms with Crippen LogP contribution in [0.1, 0.15) is 44.5 Å². The molecule has 4 aliphatic carbocycles. The van der Waals surface area contributed by atoms with Gasteiger partial charge in [-0.2, -0.15) is 0 Å². The Bertz CT molecular complexity index is 8020. The van der Waals surface area contributed by atoms with Crippen molar-refractivity contribution in [3.8, 4) is 122 Å². The Labute approximate surface area is 740 Å². The van der Waals surface area contributed by atoms with Gasteiger partial charge in [-0.15, -0.1) is 0 Å². The predicted molar refractivity (Wildman–Crippen MR) is 533 cm³/mol. The molecular weight excluding hydrogens is 1590 g/mol. The highest BCUT2D eigenvalue weighted by Crippen LogP contribution is 2.66. The molecule has 0 saturated heterocycles. The van der Waals surface area contributed by atoms with Gasteiger partial charge in [-0.05, 0) is 286 Å². The molecule has 0 saturated carbocycles. The van der Waals surface area contributed by atoms with Crippen LogP contribution in [-0.4, -0.2) is 17.2 Å². The lowest BCUT2D eigenvalue weighted by Crippen LogP contribution is -2.29. The molecule has 22 aromatic rings. The Hall–Kier alpha value is -15.1. The first-order chi connectivity index (χ1) is 62.2. The molecule has 0 heterocycles. The third kappa shape index (κ3) is 11.7. The molecule has 0 radical (unpaired) electrons. The predicted octanol–water partition coefficient (Wildman–Crippen LogP) is 30.8. The van der Waals surface area contributed by atoms with E-state index in [1.54, 1.807) is 6.07 Å². The van der Waals surface area contributed by atoms with Crippen molar-refractivity contribution < 1.29 is 10.0 Å². The lowest BCUT2D eigenvalue weighted by atomic mass is 9.70. The van der Waals surface area contributed by atoms with E-state index in [0.717, 1.165) is 26.4 Å². The van der Waals surface area contributed by atoms with Crippen LogP contribution in [0.3, 0.4) is 0 Å². The Kier molecular flexibility index (Phi) is 17.9. The summed E-state index contributed by atoms with van der Waals surface area (Å²) in [5, 5.41) is 34.2. The summed E-state index contributed by atoms with van der Waals surface area (Å²) < 4.78 is 1.12. The first-order valence-corrected chi connectivity index (χ1v) is 44.2. The zero-order chi connectivity index (χ0) is 83.7. The van der Waals surface area contributed by atoms with E-state index in [0.29, 0.717) is 5.46 Å². The monoisotopic (exact) mass is 1660 g/mol. The number of halogens is 1. The van der Waals surface area contributed by atoms with Gasteiger partial charge in [0, 0.05) is 4.47 Å². The third-order valence-electron chi connectivity index (χ3n) is 27.3. The Morgan fingerprint density at radius 3 is 0.794 bits per heavy atom. The minimum absolute atomic E-state index is 0.299. The van der Waals surface area contributed by atoms with Crippen molar-refractivity contribution in [1.29, 1.82) is 0 Å². The Balaban J connectivity index is 0.000000115. The summed E-state index contributed by atoms with van der Waals surface area (Å²) >= 11 is 3.77. The molecular formula is C122H78BBrO2. The fourth-order valence-electron chi connectivity index (χ4n) is 22.0. The lowest BCUT2D eigenvalue weighted by molar-refractivity contribution is 0.426. The minimum atomic E-state index is -1.50. The smallest absolute Gasteiger partial charge is 0.423 e. The number of rotatable bonds is 8. The second-order valence-corrected chi connectivity index (χ2v) is 34.7. The molecule has 26 rings (SSSR count). The van der Waals surface area contributed by atoms with Gasteiger partial charge < -0.3 is 10.0 Å². The Morgan fingerprint density at radius 1 is 0.167 bits per heavy atom. The van der Waals surface area contributed by atoms with Gasteiger partial charge in [0.25, 0.3) is 0 Å². The van der Waals surface area contributed by atoms with E-state index in [1.165, 1.54) is 210 Å². The first kappa shape index (κ1) is 74.7. The molecule has 4 heteroatoms. The van der Waals surface area contributed by atoms with Gasteiger partial charge in [0.05, 0.1) is 10.8 Å². The van der Waals surface area contributed by atoms with E-state index in [2.05, 4.69) is 453 Å². The van der Waals surface area contributed by atoms with Crippen LogP contribution in [0.15, 0.2) is 466 Å². The maximum absolute atomic E-state index is 9.76. The van der Waals surface area contributed by atoms with Crippen LogP contribution in [-0.2, 0) is 10.8 Å². The van der Waals surface area contributed by atoms with E-state index in [-0.39, 0.29) is 5.41 Å². The molecule has 126 heavy (non-hydrogen) atoms. The van der Waals surface area contributed by atoms with E-state index in [1.807, 2.05) is 18.2 Å². The molecule has 2 nitrogen and oxygen atoms in total. The number of fused-ring (bicyclic) bond motifs is 26. The molecule has 588 valence electrons. The van der Waals surface area contributed by atoms with Gasteiger partial charge in [-0.1, -0.05) is 428 Å². The molecule has 0 amide bonds. The zero-order valence-corrected chi connectivity index (χ0v) is 70.3. The maximum atomic E-state index is 9.76. The van der Waals surface area contributed by atoms with Crippen LogP contribution >= 0.6 is 15.9 Å². The summed E-state index contributed by atoms with van der Waals surface area (Å²) in [6, 6.07) is 168.